The van der Waals surface area contributed by atoms with Crippen LogP contribution in [0.15, 0.2) is 6.07 Å². The average Bonchev–Trinajstić information content (AvgIpc) is 3.03. The summed E-state index contributed by atoms with van der Waals surface area (Å²) in [5, 5.41) is 0. The van der Waals surface area contributed by atoms with Gasteiger partial charge in [-0.15, -0.1) is 0 Å². The number of hydrogen-bond donors (Lipinski definition) is 2. The molecule has 0 bridgehead atoms. The highest BCUT2D eigenvalue weighted by molar-refractivity contribution is 5.51. The van der Waals surface area contributed by atoms with Gasteiger partial charge in [-0.1, -0.05) is 12.8 Å². The zero-order chi connectivity index (χ0) is 14.2. The van der Waals surface area contributed by atoms with Crippen molar-refractivity contribution >= 4 is 11.6 Å². The van der Waals surface area contributed by atoms with Crippen LogP contribution in [0.3, 0.4) is 0 Å². The lowest BCUT2D eigenvalue weighted by atomic mass is 9.96. The Labute approximate surface area is 126 Å². The van der Waals surface area contributed by atoms with Crippen LogP contribution in [-0.4, -0.2) is 22.6 Å². The molecule has 3 fully saturated rings. The maximum atomic E-state index is 5.60. The van der Waals surface area contributed by atoms with Crippen LogP contribution in [0.1, 0.15) is 63.1 Å². The summed E-state index contributed by atoms with van der Waals surface area (Å²) in [5.41, 5.74) is 2.72. The molecule has 0 amide bonds. The van der Waals surface area contributed by atoms with Crippen molar-refractivity contribution in [2.75, 3.05) is 16.9 Å². The van der Waals surface area contributed by atoms with E-state index in [2.05, 4.69) is 15.3 Å². The van der Waals surface area contributed by atoms with E-state index in [-0.39, 0.29) is 0 Å². The van der Waals surface area contributed by atoms with E-state index in [9.17, 15) is 0 Å². The van der Waals surface area contributed by atoms with E-state index < -0.39 is 0 Å². The summed E-state index contributed by atoms with van der Waals surface area (Å²) in [4.78, 5) is 11.9. The van der Waals surface area contributed by atoms with Gasteiger partial charge in [0.25, 0.3) is 0 Å². The summed E-state index contributed by atoms with van der Waals surface area (Å²) in [5.74, 6) is 9.87. The molecule has 4 rings (SSSR count). The number of rotatable bonds is 4. The van der Waals surface area contributed by atoms with E-state index >= 15 is 0 Å². The van der Waals surface area contributed by atoms with Gasteiger partial charge in [-0.25, -0.2) is 15.8 Å². The maximum absolute atomic E-state index is 5.60. The first-order valence-corrected chi connectivity index (χ1v) is 8.47. The molecule has 5 heteroatoms. The van der Waals surface area contributed by atoms with E-state index in [0.717, 1.165) is 29.9 Å². The second-order valence-corrected chi connectivity index (χ2v) is 6.84. The Kier molecular flexibility index (Phi) is 3.45. The lowest BCUT2D eigenvalue weighted by Gasteiger charge is -2.30. The molecule has 2 heterocycles. The molecule has 1 aromatic heterocycles. The van der Waals surface area contributed by atoms with Crippen LogP contribution in [0, 0.1) is 5.92 Å². The van der Waals surface area contributed by atoms with Crippen LogP contribution in [0.25, 0.3) is 0 Å². The first-order chi connectivity index (χ1) is 10.3. The summed E-state index contributed by atoms with van der Waals surface area (Å²) < 4.78 is 0. The summed E-state index contributed by atoms with van der Waals surface area (Å²) in [7, 11) is 0. The van der Waals surface area contributed by atoms with Crippen molar-refractivity contribution in [1.82, 2.24) is 9.97 Å². The molecular weight excluding hydrogens is 262 g/mol. The van der Waals surface area contributed by atoms with Crippen molar-refractivity contribution < 1.29 is 0 Å². The quantitative estimate of drug-likeness (QED) is 0.658. The van der Waals surface area contributed by atoms with Crippen LogP contribution in [-0.2, 0) is 0 Å². The SMILES string of the molecule is NNc1cc(N2CCCC2C2CCCC2)nc(C2CC2)n1. The average molecular weight is 287 g/mol. The minimum absolute atomic E-state index is 0.560. The lowest BCUT2D eigenvalue weighted by Crippen LogP contribution is -2.35. The molecule has 0 spiro atoms. The molecule has 5 nitrogen and oxygen atoms in total. The van der Waals surface area contributed by atoms with Crippen LogP contribution in [0.4, 0.5) is 11.6 Å². The monoisotopic (exact) mass is 287 g/mol. The number of anilines is 2. The molecule has 1 aromatic rings. The Bertz CT molecular complexity index is 507. The van der Waals surface area contributed by atoms with Gasteiger partial charge in [0.15, 0.2) is 0 Å². The van der Waals surface area contributed by atoms with E-state index in [1.807, 2.05) is 6.07 Å². The number of nitrogens with zero attached hydrogens (tertiary/aromatic N) is 3. The standard InChI is InChI=1S/C16H25N5/c17-20-14-10-15(19-16(18-14)12-7-8-12)21-9-3-6-13(21)11-4-1-2-5-11/h10-13H,1-9,17H2,(H,18,19,20). The molecule has 1 atom stereocenters. The number of hydrogen-bond acceptors (Lipinski definition) is 5. The second kappa shape index (κ2) is 5.44. The number of nitrogens with one attached hydrogen (secondary N) is 1. The molecule has 3 aliphatic rings. The Balaban J connectivity index is 1.62. The van der Waals surface area contributed by atoms with Crippen molar-refractivity contribution in [2.45, 2.75) is 63.3 Å². The van der Waals surface area contributed by atoms with Gasteiger partial charge >= 0.3 is 0 Å². The maximum Gasteiger partial charge on any atom is 0.145 e. The second-order valence-electron chi connectivity index (χ2n) is 6.84. The molecule has 1 saturated heterocycles. The number of hydrazine groups is 1. The van der Waals surface area contributed by atoms with Crippen LogP contribution in [0.5, 0.6) is 0 Å². The topological polar surface area (TPSA) is 67.1 Å². The van der Waals surface area contributed by atoms with Gasteiger partial charge in [-0.3, -0.25) is 0 Å². The van der Waals surface area contributed by atoms with Crippen molar-refractivity contribution in [1.29, 1.82) is 0 Å². The third-order valence-electron chi connectivity index (χ3n) is 5.36. The van der Waals surface area contributed by atoms with Crippen molar-refractivity contribution in [2.24, 2.45) is 11.8 Å². The fraction of sp³-hybridized carbons (Fsp3) is 0.750. The van der Waals surface area contributed by atoms with Crippen LogP contribution in [0.2, 0.25) is 0 Å². The van der Waals surface area contributed by atoms with E-state index in [1.165, 1.54) is 51.4 Å². The first-order valence-electron chi connectivity index (χ1n) is 8.47. The number of nitrogen functional groups attached to an aromatic ring is 1. The molecule has 2 aliphatic carbocycles. The lowest BCUT2D eigenvalue weighted by molar-refractivity contribution is 0.429. The minimum Gasteiger partial charge on any atom is -0.353 e. The third-order valence-corrected chi connectivity index (χ3v) is 5.36. The van der Waals surface area contributed by atoms with Gasteiger partial charge in [0.05, 0.1) is 0 Å². The first kappa shape index (κ1) is 13.3. The third kappa shape index (κ3) is 2.59. The molecule has 21 heavy (non-hydrogen) atoms. The molecule has 1 unspecified atom stereocenters. The van der Waals surface area contributed by atoms with Crippen molar-refractivity contribution in [3.8, 4) is 0 Å². The summed E-state index contributed by atoms with van der Waals surface area (Å²) >= 11 is 0. The Hall–Kier alpha value is -1.36. The molecule has 0 radical (unpaired) electrons. The van der Waals surface area contributed by atoms with Gasteiger partial charge < -0.3 is 10.3 Å². The summed E-state index contributed by atoms with van der Waals surface area (Å²) in [6, 6.07) is 2.71. The van der Waals surface area contributed by atoms with E-state index in [0.29, 0.717) is 12.0 Å². The van der Waals surface area contributed by atoms with Crippen LogP contribution < -0.4 is 16.2 Å². The van der Waals surface area contributed by atoms with E-state index in [1.54, 1.807) is 0 Å². The van der Waals surface area contributed by atoms with Crippen molar-refractivity contribution in [3.63, 3.8) is 0 Å². The molecular formula is C16H25N5. The van der Waals surface area contributed by atoms with Gasteiger partial charge in [-0.05, 0) is 44.4 Å². The molecule has 0 aromatic carbocycles. The van der Waals surface area contributed by atoms with Gasteiger partial charge in [0.2, 0.25) is 0 Å². The van der Waals surface area contributed by atoms with Gasteiger partial charge in [-0.2, -0.15) is 0 Å². The Morgan fingerprint density at radius 3 is 2.57 bits per heavy atom. The Morgan fingerprint density at radius 1 is 1.05 bits per heavy atom. The Morgan fingerprint density at radius 2 is 1.86 bits per heavy atom. The summed E-state index contributed by atoms with van der Waals surface area (Å²) in [6.07, 6.45) is 10.6. The van der Waals surface area contributed by atoms with Crippen LogP contribution >= 0.6 is 0 Å². The zero-order valence-electron chi connectivity index (χ0n) is 12.6. The largest absolute Gasteiger partial charge is 0.353 e. The smallest absolute Gasteiger partial charge is 0.145 e. The van der Waals surface area contributed by atoms with Crippen molar-refractivity contribution in [3.05, 3.63) is 11.9 Å². The number of nitrogens with two attached hydrogens (primary N) is 1. The number of aromatic nitrogens is 2. The highest BCUT2D eigenvalue weighted by atomic mass is 15.3. The zero-order valence-corrected chi connectivity index (χ0v) is 12.6. The van der Waals surface area contributed by atoms with Gasteiger partial charge in [0.1, 0.15) is 17.5 Å². The summed E-state index contributed by atoms with van der Waals surface area (Å²) in [6.45, 7) is 1.13. The predicted molar refractivity (Wildman–Crippen MR) is 84.1 cm³/mol. The van der Waals surface area contributed by atoms with E-state index in [4.69, 9.17) is 10.8 Å². The van der Waals surface area contributed by atoms with Gasteiger partial charge in [0, 0.05) is 24.6 Å². The fourth-order valence-electron chi connectivity index (χ4n) is 4.11. The predicted octanol–water partition coefficient (Wildman–Crippen LogP) is 2.80. The fourth-order valence-corrected chi connectivity index (χ4v) is 4.11. The molecule has 3 N–H and O–H groups in total. The normalized spacial score (nSPS) is 26.5. The molecule has 2 saturated carbocycles. The molecule has 114 valence electrons. The highest BCUT2D eigenvalue weighted by Gasteiger charge is 2.35. The highest BCUT2D eigenvalue weighted by Crippen LogP contribution is 2.41. The minimum atomic E-state index is 0.560. The molecule has 1 aliphatic heterocycles.